The van der Waals surface area contributed by atoms with Crippen molar-refractivity contribution in [1.29, 1.82) is 0 Å². The number of carbonyl (C=O) groups excluding carboxylic acids is 1. The molecule has 33 heavy (non-hydrogen) atoms. The lowest BCUT2D eigenvalue weighted by Gasteiger charge is -2.31. The van der Waals surface area contributed by atoms with Crippen molar-refractivity contribution in [3.05, 3.63) is 0 Å². The fraction of sp³-hybridized carbons (Fsp3) is 0.889. The maximum Gasteiger partial charge on any atom is 0.323 e. The smallest absolute Gasteiger partial charge is 0.323 e. The number of nitrogens with one attached hydrogen (secondary N) is 1. The van der Waals surface area contributed by atoms with Gasteiger partial charge in [0.1, 0.15) is 12.6 Å². The number of unbranched alkanes of at least 4 members (excludes halogenated alkanes) is 2. The molecule has 2 N–H and O–H groups in total. The highest BCUT2D eigenvalue weighted by Gasteiger charge is 2.27. The molecule has 3 atom stereocenters. The number of rotatable bonds is 14. The fourth-order valence-corrected chi connectivity index (χ4v) is 4.86. The van der Waals surface area contributed by atoms with Crippen molar-refractivity contribution in [3.63, 3.8) is 0 Å². The van der Waals surface area contributed by atoms with Gasteiger partial charge < -0.3 is 24.6 Å². The van der Waals surface area contributed by atoms with Gasteiger partial charge >= 0.3 is 5.97 Å². The first-order valence-electron chi connectivity index (χ1n) is 13.3. The van der Waals surface area contributed by atoms with Crippen LogP contribution in [0.2, 0.25) is 0 Å². The number of ether oxygens (including phenoxy) is 3. The molecule has 0 aromatic carbocycles. The standard InChI is InChI=1S/C27H47NO5/c1-3-31-26(29)24(28-19-18-27(2,30)22-23-14-8-7-9-15-23)16-10-5-4-6-12-20-32-25-17-11-13-21-33-25/h23-25,28,30H,3-5,7-11,13-22H2,1-2H3. The summed E-state index contributed by atoms with van der Waals surface area (Å²) < 4.78 is 16.4. The van der Waals surface area contributed by atoms with Gasteiger partial charge in [0.25, 0.3) is 0 Å². The van der Waals surface area contributed by atoms with Crippen molar-refractivity contribution < 1.29 is 24.1 Å². The zero-order chi connectivity index (χ0) is 23.8. The average molecular weight is 466 g/mol. The Morgan fingerprint density at radius 2 is 1.94 bits per heavy atom. The first-order chi connectivity index (χ1) is 16.0. The molecule has 2 aliphatic rings. The zero-order valence-corrected chi connectivity index (χ0v) is 21.0. The van der Waals surface area contributed by atoms with Crippen LogP contribution in [-0.2, 0) is 19.0 Å². The van der Waals surface area contributed by atoms with E-state index in [9.17, 15) is 9.90 Å². The van der Waals surface area contributed by atoms with E-state index in [2.05, 4.69) is 17.2 Å². The summed E-state index contributed by atoms with van der Waals surface area (Å²) in [4.78, 5) is 12.4. The molecule has 6 nitrogen and oxygen atoms in total. The van der Waals surface area contributed by atoms with Crippen LogP contribution in [0.3, 0.4) is 0 Å². The molecular formula is C27H47NO5. The number of carbonyl (C=O) groups is 1. The molecule has 3 unspecified atom stereocenters. The monoisotopic (exact) mass is 465 g/mol. The minimum absolute atomic E-state index is 0.0899. The van der Waals surface area contributed by atoms with Gasteiger partial charge in [-0.1, -0.05) is 44.4 Å². The maximum atomic E-state index is 12.4. The second-order valence-corrected chi connectivity index (χ2v) is 9.92. The molecule has 0 bridgehead atoms. The first-order valence-corrected chi connectivity index (χ1v) is 13.3. The molecule has 6 heteroatoms. The fourth-order valence-electron chi connectivity index (χ4n) is 4.86. The molecule has 190 valence electrons. The van der Waals surface area contributed by atoms with Gasteiger partial charge in [-0.15, -0.1) is 5.92 Å². The quantitative estimate of drug-likeness (QED) is 0.219. The zero-order valence-electron chi connectivity index (χ0n) is 21.0. The lowest BCUT2D eigenvalue weighted by atomic mass is 9.80. The Morgan fingerprint density at radius 1 is 1.15 bits per heavy atom. The lowest BCUT2D eigenvalue weighted by Crippen LogP contribution is -2.41. The molecule has 0 aromatic heterocycles. The van der Waals surface area contributed by atoms with Crippen LogP contribution in [0.5, 0.6) is 0 Å². The highest BCUT2D eigenvalue weighted by Crippen LogP contribution is 2.31. The Hall–Kier alpha value is -1.13. The average Bonchev–Trinajstić information content (AvgIpc) is 2.80. The van der Waals surface area contributed by atoms with E-state index in [0.717, 1.165) is 58.0 Å². The molecule has 1 aliphatic heterocycles. The van der Waals surface area contributed by atoms with E-state index >= 15 is 0 Å². The van der Waals surface area contributed by atoms with Crippen molar-refractivity contribution in [2.24, 2.45) is 5.92 Å². The van der Waals surface area contributed by atoms with E-state index in [1.165, 1.54) is 32.1 Å². The number of hydrogen-bond donors (Lipinski definition) is 2. The third kappa shape index (κ3) is 12.8. The number of hydrogen-bond acceptors (Lipinski definition) is 6. The van der Waals surface area contributed by atoms with Gasteiger partial charge in [0.05, 0.1) is 12.2 Å². The summed E-state index contributed by atoms with van der Waals surface area (Å²) in [5.41, 5.74) is -0.686. The van der Waals surface area contributed by atoms with Crippen LogP contribution in [0.1, 0.15) is 104 Å². The molecule has 1 saturated heterocycles. The van der Waals surface area contributed by atoms with Gasteiger partial charge in [-0.3, -0.25) is 4.79 Å². The normalized spacial score (nSPS) is 22.1. The predicted molar refractivity (Wildman–Crippen MR) is 131 cm³/mol. The Kier molecular flexibility index (Phi) is 14.0. The van der Waals surface area contributed by atoms with Gasteiger partial charge in [0, 0.05) is 13.0 Å². The summed E-state index contributed by atoms with van der Waals surface area (Å²) in [6.45, 7) is 5.96. The molecule has 0 radical (unpaired) electrons. The highest BCUT2D eigenvalue weighted by atomic mass is 16.7. The van der Waals surface area contributed by atoms with Crippen molar-refractivity contribution in [2.75, 3.05) is 26.4 Å². The molecular weight excluding hydrogens is 418 g/mol. The lowest BCUT2D eigenvalue weighted by molar-refractivity contribution is -0.154. The Bertz CT molecular complexity index is 585. The minimum atomic E-state index is -0.686. The largest absolute Gasteiger partial charge is 0.465 e. The molecule has 0 aromatic rings. The van der Waals surface area contributed by atoms with Gasteiger partial charge in [0.15, 0.2) is 6.29 Å². The maximum absolute atomic E-state index is 12.4. The summed E-state index contributed by atoms with van der Waals surface area (Å²) in [5, 5.41) is 14.2. The first kappa shape index (κ1) is 28.1. The second kappa shape index (κ2) is 16.5. The predicted octanol–water partition coefficient (Wildman–Crippen LogP) is 4.73. The Balaban J connectivity index is 1.62. The topological polar surface area (TPSA) is 77.0 Å². The van der Waals surface area contributed by atoms with Gasteiger partial charge in [-0.25, -0.2) is 0 Å². The van der Waals surface area contributed by atoms with E-state index in [1.54, 1.807) is 0 Å². The van der Waals surface area contributed by atoms with Crippen LogP contribution in [0.4, 0.5) is 0 Å². The summed E-state index contributed by atoms with van der Waals surface area (Å²) >= 11 is 0. The van der Waals surface area contributed by atoms with Gasteiger partial charge in [-0.2, -0.15) is 0 Å². The highest BCUT2D eigenvalue weighted by molar-refractivity contribution is 5.75. The van der Waals surface area contributed by atoms with Crippen molar-refractivity contribution >= 4 is 5.97 Å². The van der Waals surface area contributed by atoms with Crippen LogP contribution >= 0.6 is 0 Å². The molecule has 0 amide bonds. The van der Waals surface area contributed by atoms with Gasteiger partial charge in [-0.05, 0) is 71.3 Å². The van der Waals surface area contributed by atoms with E-state index in [0.29, 0.717) is 32.1 Å². The summed E-state index contributed by atoms with van der Waals surface area (Å²) in [5.74, 6) is 6.65. The van der Waals surface area contributed by atoms with Crippen LogP contribution in [0.15, 0.2) is 0 Å². The van der Waals surface area contributed by atoms with Crippen molar-refractivity contribution in [3.8, 4) is 11.8 Å². The van der Waals surface area contributed by atoms with E-state index in [-0.39, 0.29) is 18.3 Å². The van der Waals surface area contributed by atoms with Crippen LogP contribution in [0.25, 0.3) is 0 Å². The summed E-state index contributed by atoms with van der Waals surface area (Å²) in [6.07, 6.45) is 14.4. The number of esters is 1. The molecule has 2 rings (SSSR count). The third-order valence-electron chi connectivity index (χ3n) is 6.73. The van der Waals surface area contributed by atoms with Crippen LogP contribution in [-0.4, -0.2) is 55.4 Å². The van der Waals surface area contributed by atoms with Crippen LogP contribution in [0, 0.1) is 17.8 Å². The molecule has 0 spiro atoms. The Morgan fingerprint density at radius 3 is 2.67 bits per heavy atom. The molecule has 2 fully saturated rings. The molecule has 1 saturated carbocycles. The number of aliphatic hydroxyl groups is 1. The summed E-state index contributed by atoms with van der Waals surface area (Å²) in [6, 6.07) is -0.324. The van der Waals surface area contributed by atoms with E-state index in [4.69, 9.17) is 14.2 Å². The Labute approximate surface area is 201 Å². The molecule has 1 aliphatic carbocycles. The third-order valence-corrected chi connectivity index (χ3v) is 6.73. The minimum Gasteiger partial charge on any atom is -0.465 e. The van der Waals surface area contributed by atoms with Crippen molar-refractivity contribution in [1.82, 2.24) is 5.32 Å². The van der Waals surface area contributed by atoms with E-state index in [1.807, 2.05) is 13.8 Å². The van der Waals surface area contributed by atoms with E-state index < -0.39 is 5.60 Å². The second-order valence-electron chi connectivity index (χ2n) is 9.92. The van der Waals surface area contributed by atoms with Crippen molar-refractivity contribution in [2.45, 2.75) is 122 Å². The SMILES string of the molecule is CCOC(=O)C(CCCCC#CCOC1CCCCO1)NCCC(C)(O)CC1CCCCC1. The van der Waals surface area contributed by atoms with Gasteiger partial charge in [0.2, 0.25) is 0 Å². The van der Waals surface area contributed by atoms with Crippen LogP contribution < -0.4 is 5.32 Å². The summed E-state index contributed by atoms with van der Waals surface area (Å²) in [7, 11) is 0. The molecule has 1 heterocycles.